The molecule has 1 heterocycles. The van der Waals surface area contributed by atoms with Gasteiger partial charge in [0.1, 0.15) is 0 Å². The van der Waals surface area contributed by atoms with Gasteiger partial charge in [-0.15, -0.1) is 5.10 Å². The van der Waals surface area contributed by atoms with Crippen LogP contribution in [-0.4, -0.2) is 54.8 Å². The highest BCUT2D eigenvalue weighted by Crippen LogP contribution is 2.27. The van der Waals surface area contributed by atoms with E-state index in [0.717, 1.165) is 19.4 Å². The molecule has 1 fully saturated rings. The van der Waals surface area contributed by atoms with Gasteiger partial charge in [-0.3, -0.25) is 0 Å². The second-order valence-electron chi connectivity index (χ2n) is 5.00. The predicted molar refractivity (Wildman–Crippen MR) is 74.6 cm³/mol. The Morgan fingerprint density at radius 3 is 2.90 bits per heavy atom. The van der Waals surface area contributed by atoms with Crippen molar-refractivity contribution in [1.82, 2.24) is 15.5 Å². The van der Waals surface area contributed by atoms with Gasteiger partial charge in [0.2, 0.25) is 5.89 Å². The van der Waals surface area contributed by atoms with Gasteiger partial charge in [0.25, 0.3) is 0 Å². The van der Waals surface area contributed by atoms with Crippen molar-refractivity contribution in [3.8, 4) is 0 Å². The first-order valence-corrected chi connectivity index (χ1v) is 7.24. The van der Waals surface area contributed by atoms with E-state index < -0.39 is 0 Å². The van der Waals surface area contributed by atoms with E-state index in [1.165, 1.54) is 12.8 Å². The van der Waals surface area contributed by atoms with E-state index in [2.05, 4.69) is 15.5 Å². The van der Waals surface area contributed by atoms with Crippen LogP contribution < -0.4 is 10.2 Å². The van der Waals surface area contributed by atoms with Crippen molar-refractivity contribution in [3.05, 3.63) is 5.89 Å². The highest BCUT2D eigenvalue weighted by molar-refractivity contribution is 5.27. The fraction of sp³-hybridized carbons (Fsp3) is 0.846. The maximum Gasteiger partial charge on any atom is 0.318 e. The molecule has 1 aromatic rings. The molecule has 114 valence electrons. The lowest BCUT2D eigenvalue weighted by Crippen LogP contribution is -2.35. The third-order valence-corrected chi connectivity index (χ3v) is 3.57. The summed E-state index contributed by atoms with van der Waals surface area (Å²) in [4.78, 5) is 2.04. The lowest BCUT2D eigenvalue weighted by atomic mass is 10.2. The average Bonchev–Trinajstić information content (AvgIpc) is 3.12. The summed E-state index contributed by atoms with van der Waals surface area (Å²) in [6.45, 7) is 2.58. The first-order valence-electron chi connectivity index (χ1n) is 7.24. The Morgan fingerprint density at radius 1 is 1.40 bits per heavy atom. The fourth-order valence-corrected chi connectivity index (χ4v) is 2.56. The molecule has 0 radical (unpaired) electrons. The Kier molecular flexibility index (Phi) is 6.23. The minimum Gasteiger partial charge on any atom is -0.407 e. The maximum absolute atomic E-state index is 9.21. The SMILES string of the molecule is COCCNCc1nnc(N(CCO)C2CCCC2)o1. The molecule has 0 atom stereocenters. The first kappa shape index (κ1) is 15.2. The van der Waals surface area contributed by atoms with Crippen LogP contribution in [0.1, 0.15) is 31.6 Å². The summed E-state index contributed by atoms with van der Waals surface area (Å²) >= 11 is 0. The van der Waals surface area contributed by atoms with Gasteiger partial charge in [0.05, 0.1) is 19.8 Å². The molecule has 7 nitrogen and oxygen atoms in total. The second-order valence-corrected chi connectivity index (χ2v) is 5.00. The minimum absolute atomic E-state index is 0.0975. The van der Waals surface area contributed by atoms with Gasteiger partial charge < -0.3 is 24.5 Å². The van der Waals surface area contributed by atoms with E-state index in [9.17, 15) is 5.11 Å². The van der Waals surface area contributed by atoms with E-state index in [4.69, 9.17) is 9.15 Å². The molecule has 0 amide bonds. The monoisotopic (exact) mass is 284 g/mol. The zero-order valence-electron chi connectivity index (χ0n) is 12.0. The van der Waals surface area contributed by atoms with E-state index in [1.54, 1.807) is 7.11 Å². The Morgan fingerprint density at radius 2 is 2.20 bits per heavy atom. The molecule has 1 aromatic heterocycles. The van der Waals surface area contributed by atoms with Gasteiger partial charge in [-0.1, -0.05) is 17.9 Å². The Balaban J connectivity index is 1.90. The van der Waals surface area contributed by atoms with E-state index in [1.807, 2.05) is 4.90 Å². The van der Waals surface area contributed by atoms with Gasteiger partial charge >= 0.3 is 6.01 Å². The number of methoxy groups -OCH3 is 1. The quantitative estimate of drug-likeness (QED) is 0.640. The standard InChI is InChI=1S/C13H24N4O3/c1-19-9-6-14-10-12-15-16-13(20-12)17(7-8-18)11-4-2-3-5-11/h11,14,18H,2-10H2,1H3. The molecule has 0 aliphatic heterocycles. The third kappa shape index (κ3) is 4.16. The lowest BCUT2D eigenvalue weighted by Gasteiger charge is -2.25. The van der Waals surface area contributed by atoms with Crippen LogP contribution in [-0.2, 0) is 11.3 Å². The Bertz CT molecular complexity index is 379. The highest BCUT2D eigenvalue weighted by atomic mass is 16.5. The van der Waals surface area contributed by atoms with Gasteiger partial charge in [-0.2, -0.15) is 0 Å². The maximum atomic E-state index is 9.21. The molecule has 1 aliphatic rings. The van der Waals surface area contributed by atoms with Gasteiger partial charge in [0.15, 0.2) is 0 Å². The number of hydrogen-bond donors (Lipinski definition) is 2. The molecule has 20 heavy (non-hydrogen) atoms. The van der Waals surface area contributed by atoms with Crippen LogP contribution in [0.5, 0.6) is 0 Å². The molecule has 0 saturated heterocycles. The second kappa shape index (κ2) is 8.18. The van der Waals surface area contributed by atoms with Crippen molar-refractivity contribution in [2.45, 2.75) is 38.3 Å². The molecule has 1 saturated carbocycles. The number of hydrogen-bond acceptors (Lipinski definition) is 7. The first-order chi connectivity index (χ1) is 9.85. The summed E-state index contributed by atoms with van der Waals surface area (Å²) in [5.41, 5.74) is 0. The number of rotatable bonds is 9. The molecular weight excluding hydrogens is 260 g/mol. The molecule has 2 rings (SSSR count). The van der Waals surface area contributed by atoms with Gasteiger partial charge in [-0.25, -0.2) is 0 Å². The Labute approximate surface area is 119 Å². The van der Waals surface area contributed by atoms with Crippen molar-refractivity contribution >= 4 is 6.01 Å². The van der Waals surface area contributed by atoms with Crippen LogP contribution >= 0.6 is 0 Å². The number of nitrogens with zero attached hydrogens (tertiary/aromatic N) is 3. The molecule has 0 spiro atoms. The topological polar surface area (TPSA) is 83.7 Å². The molecular formula is C13H24N4O3. The molecule has 1 aliphatic carbocycles. The van der Waals surface area contributed by atoms with E-state index >= 15 is 0 Å². The number of nitrogens with one attached hydrogen (secondary N) is 1. The van der Waals surface area contributed by atoms with Crippen LogP contribution in [0.2, 0.25) is 0 Å². The molecule has 2 N–H and O–H groups in total. The molecule has 0 bridgehead atoms. The van der Waals surface area contributed by atoms with Crippen LogP contribution in [0.25, 0.3) is 0 Å². The zero-order chi connectivity index (χ0) is 14.2. The van der Waals surface area contributed by atoms with Crippen LogP contribution in [0.3, 0.4) is 0 Å². The summed E-state index contributed by atoms with van der Waals surface area (Å²) < 4.78 is 10.6. The summed E-state index contributed by atoms with van der Waals surface area (Å²) in [5, 5.41) is 20.5. The third-order valence-electron chi connectivity index (χ3n) is 3.57. The highest BCUT2D eigenvalue weighted by Gasteiger charge is 2.26. The Hall–Kier alpha value is -1.18. The van der Waals surface area contributed by atoms with Crippen molar-refractivity contribution < 1.29 is 14.3 Å². The molecule has 7 heteroatoms. The predicted octanol–water partition coefficient (Wildman–Crippen LogP) is 0.547. The lowest BCUT2D eigenvalue weighted by molar-refractivity contribution is 0.198. The minimum atomic E-state index is 0.0975. The fourth-order valence-electron chi connectivity index (χ4n) is 2.56. The average molecular weight is 284 g/mol. The van der Waals surface area contributed by atoms with Crippen molar-refractivity contribution in [3.63, 3.8) is 0 Å². The summed E-state index contributed by atoms with van der Waals surface area (Å²) in [6, 6.07) is 0.936. The van der Waals surface area contributed by atoms with E-state index in [0.29, 0.717) is 37.6 Å². The smallest absolute Gasteiger partial charge is 0.318 e. The van der Waals surface area contributed by atoms with Crippen molar-refractivity contribution in [2.24, 2.45) is 0 Å². The number of anilines is 1. The van der Waals surface area contributed by atoms with Gasteiger partial charge in [0, 0.05) is 26.2 Å². The van der Waals surface area contributed by atoms with Crippen molar-refractivity contribution in [1.29, 1.82) is 0 Å². The van der Waals surface area contributed by atoms with Crippen LogP contribution in [0.15, 0.2) is 4.42 Å². The number of aliphatic hydroxyl groups excluding tert-OH is 1. The zero-order valence-corrected chi connectivity index (χ0v) is 12.0. The van der Waals surface area contributed by atoms with E-state index in [-0.39, 0.29) is 6.61 Å². The van der Waals surface area contributed by atoms with Crippen LogP contribution in [0, 0.1) is 0 Å². The van der Waals surface area contributed by atoms with Crippen molar-refractivity contribution in [2.75, 3.05) is 38.3 Å². The molecule has 0 unspecified atom stereocenters. The van der Waals surface area contributed by atoms with Gasteiger partial charge in [-0.05, 0) is 12.8 Å². The summed E-state index contributed by atoms with van der Waals surface area (Å²) in [6.07, 6.45) is 4.71. The number of aromatic nitrogens is 2. The number of aliphatic hydroxyl groups is 1. The number of ether oxygens (including phenoxy) is 1. The largest absolute Gasteiger partial charge is 0.407 e. The van der Waals surface area contributed by atoms with Crippen LogP contribution in [0.4, 0.5) is 6.01 Å². The summed E-state index contributed by atoms with van der Waals surface area (Å²) in [7, 11) is 1.67. The normalized spacial score (nSPS) is 15.9. The summed E-state index contributed by atoms with van der Waals surface area (Å²) in [5.74, 6) is 0.567. The molecule has 0 aromatic carbocycles.